The molecule has 0 spiro atoms. The average Bonchev–Trinajstić information content (AvgIpc) is 3.15. The number of furan rings is 1. The van der Waals surface area contributed by atoms with Crippen molar-refractivity contribution in [3.63, 3.8) is 0 Å². The van der Waals surface area contributed by atoms with E-state index in [0.717, 1.165) is 16.8 Å². The summed E-state index contributed by atoms with van der Waals surface area (Å²) in [5, 5.41) is 4.16. The van der Waals surface area contributed by atoms with Gasteiger partial charge in [-0.05, 0) is 24.3 Å². The molecule has 0 fully saturated rings. The Morgan fingerprint density at radius 1 is 1.32 bits per heavy atom. The molecule has 0 bridgehead atoms. The quantitative estimate of drug-likeness (QED) is 0.788. The summed E-state index contributed by atoms with van der Waals surface area (Å²) < 4.78 is 11.1. The Kier molecular flexibility index (Phi) is 2.82. The zero-order valence-corrected chi connectivity index (χ0v) is 11.9. The van der Waals surface area contributed by atoms with Crippen LogP contribution in [0.1, 0.15) is 18.9 Å². The molecule has 6 heteroatoms. The first kappa shape index (κ1) is 12.8. The molecule has 1 N–H and O–H groups in total. The Bertz CT molecular complexity index is 877. The third-order valence-corrected chi connectivity index (χ3v) is 3.68. The molecule has 6 nitrogen and oxygen atoms in total. The second-order valence-electron chi connectivity index (χ2n) is 5.32. The van der Waals surface area contributed by atoms with Crippen molar-refractivity contribution in [1.29, 1.82) is 0 Å². The number of nitrogens with zero attached hydrogens (tertiary/aromatic N) is 2. The summed E-state index contributed by atoms with van der Waals surface area (Å²) in [4.78, 5) is 15.7. The van der Waals surface area contributed by atoms with Crippen LogP contribution in [-0.2, 0) is 4.79 Å². The van der Waals surface area contributed by atoms with Crippen molar-refractivity contribution in [2.45, 2.75) is 13.3 Å². The number of fused-ring (bicyclic) bond motifs is 1. The van der Waals surface area contributed by atoms with Crippen molar-refractivity contribution < 1.29 is 13.6 Å². The number of carbonyl (C=O) groups is 1. The van der Waals surface area contributed by atoms with Crippen molar-refractivity contribution in [2.75, 3.05) is 0 Å². The number of amides is 1. The molecule has 1 aliphatic rings. The Balaban J connectivity index is 1.76. The number of rotatable bonds is 2. The van der Waals surface area contributed by atoms with Gasteiger partial charge in [-0.25, -0.2) is 10.4 Å². The van der Waals surface area contributed by atoms with E-state index in [1.54, 1.807) is 18.4 Å². The number of nitrogens with one attached hydrogen (secondary N) is 1. The standard InChI is InChI=1S/C16H13N3O3/c1-9-7-14(20)18-19-15(9)10-4-5-11-13(8-10)22-16(17-11)12-3-2-6-21-12/h2-6,8-9H,7H2,1H3,(H,18,20). The van der Waals surface area contributed by atoms with E-state index >= 15 is 0 Å². The molecule has 22 heavy (non-hydrogen) atoms. The van der Waals surface area contributed by atoms with Gasteiger partial charge in [-0.15, -0.1) is 0 Å². The second kappa shape index (κ2) is 4.84. The molecule has 0 saturated heterocycles. The Morgan fingerprint density at radius 2 is 2.23 bits per heavy atom. The molecule has 0 radical (unpaired) electrons. The fourth-order valence-corrected chi connectivity index (χ4v) is 2.59. The van der Waals surface area contributed by atoms with Crippen LogP contribution in [0, 0.1) is 5.92 Å². The highest BCUT2D eigenvalue weighted by molar-refractivity contribution is 6.07. The molecule has 3 heterocycles. The van der Waals surface area contributed by atoms with E-state index in [9.17, 15) is 4.79 Å². The van der Waals surface area contributed by atoms with E-state index in [2.05, 4.69) is 15.5 Å². The van der Waals surface area contributed by atoms with Crippen LogP contribution in [0.2, 0.25) is 0 Å². The summed E-state index contributed by atoms with van der Waals surface area (Å²) in [5.74, 6) is 1.05. The molecule has 110 valence electrons. The topological polar surface area (TPSA) is 80.6 Å². The number of aromatic nitrogens is 1. The first-order valence-electron chi connectivity index (χ1n) is 7.02. The first-order chi connectivity index (χ1) is 10.7. The summed E-state index contributed by atoms with van der Waals surface area (Å²) >= 11 is 0. The van der Waals surface area contributed by atoms with Crippen LogP contribution in [0.3, 0.4) is 0 Å². The number of carbonyl (C=O) groups excluding carboxylic acids is 1. The molecule has 0 aliphatic carbocycles. The Labute approximate surface area is 125 Å². The number of oxazole rings is 1. The SMILES string of the molecule is CC1CC(=O)NN=C1c1ccc2nc(-c3ccco3)oc2c1. The van der Waals surface area contributed by atoms with Crippen LogP contribution in [0.25, 0.3) is 22.8 Å². The zero-order chi connectivity index (χ0) is 15.1. The van der Waals surface area contributed by atoms with Gasteiger partial charge in [0.05, 0.1) is 12.0 Å². The molecule has 2 aromatic heterocycles. The van der Waals surface area contributed by atoms with Crippen LogP contribution in [0.4, 0.5) is 0 Å². The molecule has 0 saturated carbocycles. The van der Waals surface area contributed by atoms with Crippen molar-refractivity contribution in [3.05, 3.63) is 42.2 Å². The van der Waals surface area contributed by atoms with Crippen molar-refractivity contribution in [3.8, 4) is 11.7 Å². The van der Waals surface area contributed by atoms with E-state index in [-0.39, 0.29) is 11.8 Å². The van der Waals surface area contributed by atoms with Gasteiger partial charge in [-0.2, -0.15) is 5.10 Å². The van der Waals surface area contributed by atoms with Crippen molar-refractivity contribution in [2.24, 2.45) is 11.0 Å². The summed E-state index contributed by atoms with van der Waals surface area (Å²) in [5.41, 5.74) is 5.70. The van der Waals surface area contributed by atoms with Gasteiger partial charge in [0.2, 0.25) is 5.91 Å². The third kappa shape index (κ3) is 2.09. The molecule has 1 amide bonds. The van der Waals surface area contributed by atoms with Gasteiger partial charge in [-0.3, -0.25) is 4.79 Å². The zero-order valence-electron chi connectivity index (χ0n) is 11.9. The van der Waals surface area contributed by atoms with Crippen LogP contribution in [0.15, 0.2) is 50.5 Å². The lowest BCUT2D eigenvalue weighted by molar-refractivity contribution is -0.121. The summed E-state index contributed by atoms with van der Waals surface area (Å²) in [7, 11) is 0. The first-order valence-corrected chi connectivity index (χ1v) is 7.02. The van der Waals surface area contributed by atoms with Gasteiger partial charge in [0, 0.05) is 17.9 Å². The summed E-state index contributed by atoms with van der Waals surface area (Å²) in [6.07, 6.45) is 2.02. The molecule has 3 aromatic rings. The van der Waals surface area contributed by atoms with E-state index in [4.69, 9.17) is 8.83 Å². The highest BCUT2D eigenvalue weighted by Gasteiger charge is 2.22. The molecule has 4 rings (SSSR count). The number of hydrogen-bond acceptors (Lipinski definition) is 5. The monoisotopic (exact) mass is 295 g/mol. The fourth-order valence-electron chi connectivity index (χ4n) is 2.59. The Morgan fingerprint density at radius 3 is 3.00 bits per heavy atom. The molecule has 1 unspecified atom stereocenters. The maximum atomic E-state index is 11.3. The summed E-state index contributed by atoms with van der Waals surface area (Å²) in [6, 6.07) is 9.29. The van der Waals surface area contributed by atoms with Crippen LogP contribution >= 0.6 is 0 Å². The summed E-state index contributed by atoms with van der Waals surface area (Å²) in [6.45, 7) is 1.98. The lowest BCUT2D eigenvalue weighted by atomic mass is 9.94. The van der Waals surface area contributed by atoms with Gasteiger partial charge in [0.15, 0.2) is 11.3 Å². The highest BCUT2D eigenvalue weighted by atomic mass is 16.4. The van der Waals surface area contributed by atoms with Crippen LogP contribution in [0.5, 0.6) is 0 Å². The maximum Gasteiger partial charge on any atom is 0.263 e. The average molecular weight is 295 g/mol. The minimum atomic E-state index is -0.0582. The third-order valence-electron chi connectivity index (χ3n) is 3.68. The predicted octanol–water partition coefficient (Wildman–Crippen LogP) is 2.95. The molecule has 1 aliphatic heterocycles. The van der Waals surface area contributed by atoms with E-state index < -0.39 is 0 Å². The molecular formula is C16H13N3O3. The van der Waals surface area contributed by atoms with Gasteiger partial charge in [-0.1, -0.05) is 13.0 Å². The number of hydrogen-bond donors (Lipinski definition) is 1. The lowest BCUT2D eigenvalue weighted by Gasteiger charge is -2.18. The predicted molar refractivity (Wildman–Crippen MR) is 80.2 cm³/mol. The maximum absolute atomic E-state index is 11.3. The minimum absolute atomic E-state index is 0.0582. The molecule has 1 atom stereocenters. The minimum Gasteiger partial charge on any atom is -0.459 e. The van der Waals surface area contributed by atoms with Crippen molar-refractivity contribution >= 4 is 22.7 Å². The smallest absolute Gasteiger partial charge is 0.263 e. The highest BCUT2D eigenvalue weighted by Crippen LogP contribution is 2.26. The number of benzene rings is 1. The Hall–Kier alpha value is -2.89. The lowest BCUT2D eigenvalue weighted by Crippen LogP contribution is -2.31. The second-order valence-corrected chi connectivity index (χ2v) is 5.32. The van der Waals surface area contributed by atoms with Crippen LogP contribution < -0.4 is 5.43 Å². The normalized spacial score (nSPS) is 18.3. The number of hydrazone groups is 1. The van der Waals surface area contributed by atoms with Crippen molar-refractivity contribution in [1.82, 2.24) is 10.4 Å². The van der Waals surface area contributed by atoms with Crippen LogP contribution in [-0.4, -0.2) is 16.6 Å². The fraction of sp³-hybridized carbons (Fsp3) is 0.188. The van der Waals surface area contributed by atoms with Gasteiger partial charge >= 0.3 is 0 Å². The van der Waals surface area contributed by atoms with Gasteiger partial charge in [0.1, 0.15) is 5.52 Å². The van der Waals surface area contributed by atoms with Gasteiger partial charge in [0.25, 0.3) is 5.89 Å². The van der Waals surface area contributed by atoms with E-state index in [1.807, 2.05) is 25.1 Å². The van der Waals surface area contributed by atoms with E-state index in [1.165, 1.54) is 0 Å². The van der Waals surface area contributed by atoms with E-state index in [0.29, 0.717) is 23.7 Å². The largest absolute Gasteiger partial charge is 0.459 e. The molecule has 1 aromatic carbocycles. The van der Waals surface area contributed by atoms with Gasteiger partial charge < -0.3 is 8.83 Å². The molecular weight excluding hydrogens is 282 g/mol.